The van der Waals surface area contributed by atoms with Gasteiger partial charge in [0.15, 0.2) is 4.90 Å². The van der Waals surface area contributed by atoms with E-state index < -0.39 is 20.7 Å². The molecule has 172 valence electrons. The fraction of sp³-hybridized carbons (Fsp3) is 0.0833. The Hall–Kier alpha value is -4.31. The number of rotatable bonds is 6. The molecule has 10 heteroatoms. The predicted molar refractivity (Wildman–Crippen MR) is 123 cm³/mol. The number of nitro groups is 1. The number of hydrogen-bond acceptors (Lipinski definition) is 7. The number of aromatic nitrogens is 2. The molecule has 0 unspecified atom stereocenters. The molecule has 0 radical (unpaired) electrons. The van der Waals surface area contributed by atoms with Gasteiger partial charge in [-0.25, -0.2) is 13.2 Å². The average Bonchev–Trinajstić information content (AvgIpc) is 3.16. The molecule has 34 heavy (non-hydrogen) atoms. The van der Waals surface area contributed by atoms with Gasteiger partial charge in [0.2, 0.25) is 15.7 Å². The highest BCUT2D eigenvalue weighted by molar-refractivity contribution is 7.91. The topological polar surface area (TPSA) is 121 Å². The standard InChI is InChI=1S/C24H19N3O6S/c1-16-8-10-18(11-9-16)24(28)33-23-22(17(2)25-26(23)19-6-4-3-5-7-19)34(31,32)21-14-12-20(13-15-21)27(29)30/h3-15H,1-2H3. The molecular formula is C24H19N3O6S. The Labute approximate surface area is 195 Å². The Morgan fingerprint density at radius 2 is 1.56 bits per heavy atom. The summed E-state index contributed by atoms with van der Waals surface area (Å²) in [6, 6.07) is 19.8. The molecule has 0 aliphatic carbocycles. The van der Waals surface area contributed by atoms with Crippen molar-refractivity contribution < 1.29 is 22.9 Å². The molecule has 0 bridgehead atoms. The summed E-state index contributed by atoms with van der Waals surface area (Å²) in [7, 11) is -4.25. The summed E-state index contributed by atoms with van der Waals surface area (Å²) < 4.78 is 34.0. The maximum Gasteiger partial charge on any atom is 0.344 e. The Balaban J connectivity index is 1.86. The lowest BCUT2D eigenvalue weighted by atomic mass is 10.1. The number of nitro benzene ring substituents is 1. The van der Waals surface area contributed by atoms with Crippen molar-refractivity contribution in [1.82, 2.24) is 9.78 Å². The van der Waals surface area contributed by atoms with E-state index in [9.17, 15) is 23.3 Å². The first kappa shape index (κ1) is 22.9. The smallest absolute Gasteiger partial charge is 0.344 e. The number of hydrogen-bond donors (Lipinski definition) is 0. The number of benzene rings is 3. The van der Waals surface area contributed by atoms with Crippen LogP contribution < -0.4 is 4.74 Å². The van der Waals surface area contributed by atoms with Gasteiger partial charge in [-0.15, -0.1) is 0 Å². The van der Waals surface area contributed by atoms with Crippen LogP contribution in [0.1, 0.15) is 21.6 Å². The lowest BCUT2D eigenvalue weighted by Gasteiger charge is -2.11. The number of para-hydroxylation sites is 1. The molecule has 4 rings (SSSR count). The summed E-state index contributed by atoms with van der Waals surface area (Å²) in [5, 5.41) is 15.3. The third-order valence-corrected chi connectivity index (χ3v) is 6.97. The number of non-ortho nitro benzene ring substituents is 1. The quantitative estimate of drug-likeness (QED) is 0.228. The number of ether oxygens (including phenoxy) is 1. The van der Waals surface area contributed by atoms with E-state index in [1.807, 2.05) is 6.92 Å². The Morgan fingerprint density at radius 1 is 0.941 bits per heavy atom. The largest absolute Gasteiger partial charge is 0.402 e. The van der Waals surface area contributed by atoms with Crippen LogP contribution in [0.15, 0.2) is 88.7 Å². The number of carbonyl (C=O) groups excluding carboxylic acids is 1. The van der Waals surface area contributed by atoms with Crippen LogP contribution in [0.5, 0.6) is 5.88 Å². The third kappa shape index (κ3) is 4.30. The number of nitrogens with zero attached hydrogens (tertiary/aromatic N) is 3. The van der Waals surface area contributed by atoms with Crippen molar-refractivity contribution in [3.63, 3.8) is 0 Å². The average molecular weight is 477 g/mol. The Morgan fingerprint density at radius 3 is 2.15 bits per heavy atom. The molecule has 0 amide bonds. The molecule has 0 aliphatic rings. The maximum atomic E-state index is 13.5. The minimum atomic E-state index is -4.25. The zero-order valence-corrected chi connectivity index (χ0v) is 19.0. The molecule has 4 aromatic rings. The van der Waals surface area contributed by atoms with Crippen molar-refractivity contribution in [1.29, 1.82) is 0 Å². The second-order valence-corrected chi connectivity index (χ2v) is 9.36. The first-order chi connectivity index (χ1) is 16.2. The predicted octanol–water partition coefficient (Wildman–Crippen LogP) is 4.45. The van der Waals surface area contributed by atoms with Crippen LogP contribution in [-0.2, 0) is 9.84 Å². The molecular weight excluding hydrogens is 458 g/mol. The second kappa shape index (κ2) is 8.91. The van der Waals surface area contributed by atoms with Crippen LogP contribution in [0, 0.1) is 24.0 Å². The Bertz CT molecular complexity index is 1480. The van der Waals surface area contributed by atoms with Crippen LogP contribution >= 0.6 is 0 Å². The van der Waals surface area contributed by atoms with E-state index in [-0.39, 0.29) is 32.6 Å². The van der Waals surface area contributed by atoms with Crippen molar-refractivity contribution in [2.45, 2.75) is 23.6 Å². The molecule has 0 saturated carbocycles. The zero-order valence-electron chi connectivity index (χ0n) is 18.2. The minimum absolute atomic E-state index is 0.105. The highest BCUT2D eigenvalue weighted by atomic mass is 32.2. The summed E-state index contributed by atoms with van der Waals surface area (Å²) in [5.74, 6) is -1.02. The molecule has 9 nitrogen and oxygen atoms in total. The lowest BCUT2D eigenvalue weighted by Crippen LogP contribution is -2.14. The molecule has 0 fully saturated rings. The monoisotopic (exact) mass is 477 g/mol. The van der Waals surface area contributed by atoms with Crippen LogP contribution in [0.25, 0.3) is 5.69 Å². The molecule has 1 heterocycles. The van der Waals surface area contributed by atoms with Gasteiger partial charge in [-0.2, -0.15) is 9.78 Å². The number of carbonyl (C=O) groups is 1. The number of esters is 1. The SMILES string of the molecule is Cc1ccc(C(=O)Oc2c(S(=O)(=O)c3ccc([N+](=O)[O-])cc3)c(C)nn2-c2ccccc2)cc1. The van der Waals surface area contributed by atoms with E-state index >= 15 is 0 Å². The van der Waals surface area contributed by atoms with E-state index in [2.05, 4.69) is 5.10 Å². The second-order valence-electron chi connectivity index (χ2n) is 7.48. The van der Waals surface area contributed by atoms with Gasteiger partial charge in [0.05, 0.1) is 26.8 Å². The van der Waals surface area contributed by atoms with Crippen LogP contribution in [0.4, 0.5) is 5.69 Å². The van der Waals surface area contributed by atoms with Gasteiger partial charge in [-0.05, 0) is 50.2 Å². The van der Waals surface area contributed by atoms with Gasteiger partial charge in [0.25, 0.3) is 5.69 Å². The number of sulfone groups is 1. The summed E-state index contributed by atoms with van der Waals surface area (Å²) in [4.78, 5) is 22.8. The fourth-order valence-corrected chi connectivity index (χ4v) is 4.85. The van der Waals surface area contributed by atoms with Crippen molar-refractivity contribution in [2.75, 3.05) is 0 Å². The molecule has 0 N–H and O–H groups in total. The Kier molecular flexibility index (Phi) is 5.99. The molecule has 1 aromatic heterocycles. The van der Waals surface area contributed by atoms with Gasteiger partial charge in [0.1, 0.15) is 0 Å². The van der Waals surface area contributed by atoms with Crippen LogP contribution in [0.2, 0.25) is 0 Å². The van der Waals surface area contributed by atoms with E-state index in [0.29, 0.717) is 5.69 Å². The summed E-state index contributed by atoms with van der Waals surface area (Å²) >= 11 is 0. The van der Waals surface area contributed by atoms with Crippen molar-refractivity contribution >= 4 is 21.5 Å². The van der Waals surface area contributed by atoms with Crippen molar-refractivity contribution in [3.8, 4) is 11.6 Å². The first-order valence-corrected chi connectivity index (χ1v) is 11.6. The molecule has 3 aromatic carbocycles. The van der Waals surface area contributed by atoms with E-state index in [4.69, 9.17) is 4.74 Å². The molecule has 0 spiro atoms. The fourth-order valence-electron chi connectivity index (χ4n) is 3.34. The summed E-state index contributed by atoms with van der Waals surface area (Å²) in [5.41, 5.74) is 1.53. The third-order valence-electron chi connectivity index (χ3n) is 5.07. The first-order valence-electron chi connectivity index (χ1n) is 10.1. The number of aryl methyl sites for hydroxylation is 2. The molecule has 0 atom stereocenters. The highest BCUT2D eigenvalue weighted by Gasteiger charge is 2.32. The van der Waals surface area contributed by atoms with Gasteiger partial charge < -0.3 is 4.74 Å². The summed E-state index contributed by atoms with van der Waals surface area (Å²) in [6.07, 6.45) is 0. The van der Waals surface area contributed by atoms with Crippen molar-refractivity contribution in [3.05, 3.63) is 106 Å². The van der Waals surface area contributed by atoms with Gasteiger partial charge in [0, 0.05) is 12.1 Å². The highest BCUT2D eigenvalue weighted by Crippen LogP contribution is 2.35. The molecule has 0 saturated heterocycles. The summed E-state index contributed by atoms with van der Waals surface area (Å²) in [6.45, 7) is 3.36. The van der Waals surface area contributed by atoms with Crippen molar-refractivity contribution in [2.24, 2.45) is 0 Å². The van der Waals surface area contributed by atoms with E-state index in [0.717, 1.165) is 29.8 Å². The van der Waals surface area contributed by atoms with Gasteiger partial charge >= 0.3 is 5.97 Å². The van der Waals surface area contributed by atoms with Crippen LogP contribution in [-0.4, -0.2) is 29.1 Å². The zero-order chi connectivity index (χ0) is 24.5. The lowest BCUT2D eigenvalue weighted by molar-refractivity contribution is -0.384. The molecule has 0 aliphatic heterocycles. The minimum Gasteiger partial charge on any atom is -0.402 e. The van der Waals surface area contributed by atoms with Gasteiger partial charge in [-0.3, -0.25) is 10.1 Å². The van der Waals surface area contributed by atoms with E-state index in [1.54, 1.807) is 54.6 Å². The normalized spacial score (nSPS) is 11.2. The van der Waals surface area contributed by atoms with Gasteiger partial charge in [-0.1, -0.05) is 35.9 Å². The maximum absolute atomic E-state index is 13.5. The van der Waals surface area contributed by atoms with E-state index in [1.165, 1.54) is 11.6 Å². The van der Waals surface area contributed by atoms with Crippen LogP contribution in [0.3, 0.4) is 0 Å².